The van der Waals surface area contributed by atoms with Gasteiger partial charge in [0.05, 0.1) is 0 Å². The molecule has 2 amide bonds. The van der Waals surface area contributed by atoms with E-state index in [1.807, 2.05) is 0 Å². The van der Waals surface area contributed by atoms with Crippen LogP contribution < -0.4 is 22.1 Å². The molecule has 16 nitrogen and oxygen atoms in total. The molecule has 0 spiro atoms. The minimum Gasteiger partial charge on any atom is -0.480 e. The first kappa shape index (κ1) is 34.8. The number of rotatable bonds is 21. The van der Waals surface area contributed by atoms with Gasteiger partial charge in [-0.2, -0.15) is 0 Å². The third kappa shape index (κ3) is 14.5. The van der Waals surface area contributed by atoms with Crippen LogP contribution in [0.2, 0.25) is 0 Å². The molecule has 4 atom stereocenters. The summed E-state index contributed by atoms with van der Waals surface area (Å²) < 4.78 is 0. The zero-order chi connectivity index (χ0) is 29.4. The standard InChI is InChI=1S/C20H30N4O12S2/c21-11(19(33)34)1-3-13(25)9(17(31)23-5-15(27)28)7-37-38-8-10(18(32)24-6-16(29)30)14(26)4-2-12(22)20(35)36/h9-12H,1-8,21-22H2,(H,23,31)(H,24,32)(H,27,28)(H,29,30)(H,33,34)(H,35,36)/t9-,10-,11-,12-/m0/s1. The third-order valence-electron chi connectivity index (χ3n) is 4.83. The van der Waals surface area contributed by atoms with Crippen LogP contribution in [0.3, 0.4) is 0 Å². The van der Waals surface area contributed by atoms with Crippen LogP contribution in [0, 0.1) is 11.8 Å². The fourth-order valence-corrected chi connectivity index (χ4v) is 5.16. The number of carboxylic acids is 4. The number of nitrogens with two attached hydrogens (primary N) is 2. The Morgan fingerprint density at radius 1 is 0.605 bits per heavy atom. The molecule has 0 fully saturated rings. The number of ketones is 2. The highest BCUT2D eigenvalue weighted by Gasteiger charge is 2.30. The number of hydrogen-bond acceptors (Lipinski definition) is 12. The van der Waals surface area contributed by atoms with Gasteiger partial charge in [0.2, 0.25) is 11.8 Å². The van der Waals surface area contributed by atoms with Gasteiger partial charge < -0.3 is 42.5 Å². The van der Waals surface area contributed by atoms with E-state index in [9.17, 15) is 38.4 Å². The number of aliphatic carboxylic acids is 4. The second-order valence-corrected chi connectivity index (χ2v) is 10.3. The Morgan fingerprint density at radius 2 is 0.921 bits per heavy atom. The van der Waals surface area contributed by atoms with E-state index in [1.54, 1.807) is 0 Å². The quantitative estimate of drug-likeness (QED) is 0.0395. The lowest BCUT2D eigenvalue weighted by Gasteiger charge is -2.17. The molecule has 214 valence electrons. The summed E-state index contributed by atoms with van der Waals surface area (Å²) in [6, 6.07) is -2.71. The monoisotopic (exact) mass is 582 g/mol. The smallest absolute Gasteiger partial charge is 0.322 e. The van der Waals surface area contributed by atoms with E-state index in [0.717, 1.165) is 21.6 Å². The molecular weight excluding hydrogens is 552 g/mol. The van der Waals surface area contributed by atoms with E-state index < -0.39 is 84.3 Å². The van der Waals surface area contributed by atoms with E-state index in [4.69, 9.17) is 31.9 Å². The molecule has 0 saturated carbocycles. The molecule has 0 aliphatic heterocycles. The van der Waals surface area contributed by atoms with Crippen molar-refractivity contribution in [2.24, 2.45) is 23.3 Å². The van der Waals surface area contributed by atoms with Crippen molar-refractivity contribution >= 4 is 68.8 Å². The van der Waals surface area contributed by atoms with Crippen molar-refractivity contribution in [3.05, 3.63) is 0 Å². The second kappa shape index (κ2) is 18.1. The van der Waals surface area contributed by atoms with Gasteiger partial charge in [0.25, 0.3) is 0 Å². The van der Waals surface area contributed by atoms with Gasteiger partial charge in [0.15, 0.2) is 0 Å². The van der Waals surface area contributed by atoms with Crippen LogP contribution in [-0.4, -0.2) is 104 Å². The van der Waals surface area contributed by atoms with E-state index in [1.165, 1.54) is 0 Å². The maximum atomic E-state index is 12.5. The fourth-order valence-electron chi connectivity index (χ4n) is 2.62. The summed E-state index contributed by atoms with van der Waals surface area (Å²) >= 11 is 0. The molecule has 0 aliphatic carbocycles. The highest BCUT2D eigenvalue weighted by atomic mass is 33.1. The predicted molar refractivity (Wildman–Crippen MR) is 133 cm³/mol. The van der Waals surface area contributed by atoms with Crippen LogP contribution >= 0.6 is 21.6 Å². The number of nitrogens with one attached hydrogen (secondary N) is 2. The first-order chi connectivity index (χ1) is 17.7. The molecule has 0 heterocycles. The maximum absolute atomic E-state index is 12.5. The largest absolute Gasteiger partial charge is 0.480 e. The number of amides is 2. The van der Waals surface area contributed by atoms with Gasteiger partial charge in [0, 0.05) is 24.3 Å². The first-order valence-electron chi connectivity index (χ1n) is 10.9. The average Bonchev–Trinajstić information content (AvgIpc) is 2.84. The summed E-state index contributed by atoms with van der Waals surface area (Å²) in [4.78, 5) is 93.0. The van der Waals surface area contributed by atoms with Crippen molar-refractivity contribution in [3.63, 3.8) is 0 Å². The maximum Gasteiger partial charge on any atom is 0.322 e. The third-order valence-corrected chi connectivity index (χ3v) is 7.25. The molecule has 0 saturated heterocycles. The zero-order valence-corrected chi connectivity index (χ0v) is 21.6. The number of carboxylic acid groups (broad SMARTS) is 4. The Morgan fingerprint density at radius 3 is 1.18 bits per heavy atom. The Bertz CT molecular complexity index is 844. The summed E-state index contributed by atoms with van der Waals surface area (Å²) in [6.45, 7) is -1.54. The number of hydrogen-bond donors (Lipinski definition) is 8. The highest BCUT2D eigenvalue weighted by molar-refractivity contribution is 8.76. The summed E-state index contributed by atoms with van der Waals surface area (Å²) in [6.07, 6.45) is -1.31. The molecule has 0 radical (unpaired) electrons. The molecule has 38 heavy (non-hydrogen) atoms. The molecule has 0 rings (SSSR count). The predicted octanol–water partition coefficient (Wildman–Crippen LogP) is -2.48. The zero-order valence-electron chi connectivity index (χ0n) is 20.0. The van der Waals surface area contributed by atoms with Crippen LogP contribution in [-0.2, 0) is 38.4 Å². The average molecular weight is 583 g/mol. The van der Waals surface area contributed by atoms with Gasteiger partial charge in [-0.15, -0.1) is 0 Å². The minimum atomic E-state index is -1.39. The van der Waals surface area contributed by atoms with Crippen LogP contribution in [0.5, 0.6) is 0 Å². The molecule has 0 aromatic rings. The van der Waals surface area contributed by atoms with E-state index >= 15 is 0 Å². The van der Waals surface area contributed by atoms with E-state index in [2.05, 4.69) is 10.6 Å². The second-order valence-electron chi connectivity index (χ2n) is 7.80. The van der Waals surface area contributed by atoms with Crippen molar-refractivity contribution < 1.29 is 58.8 Å². The lowest BCUT2D eigenvalue weighted by Crippen LogP contribution is -2.40. The molecule has 0 aliphatic rings. The molecule has 0 unspecified atom stereocenters. The summed E-state index contributed by atoms with van der Waals surface area (Å²) in [5.41, 5.74) is 10.7. The lowest BCUT2D eigenvalue weighted by atomic mass is 9.99. The molecule has 0 bridgehead atoms. The van der Waals surface area contributed by atoms with Crippen molar-refractivity contribution in [3.8, 4) is 0 Å². The molecule has 10 N–H and O–H groups in total. The van der Waals surface area contributed by atoms with Crippen LogP contribution in [0.1, 0.15) is 25.7 Å². The number of carbonyl (C=O) groups is 8. The lowest BCUT2D eigenvalue weighted by molar-refractivity contribution is -0.141. The minimum absolute atomic E-state index is 0.237. The Kier molecular flexibility index (Phi) is 16.6. The van der Waals surface area contributed by atoms with E-state index in [0.29, 0.717) is 0 Å². The molecule has 18 heteroatoms. The van der Waals surface area contributed by atoms with Gasteiger partial charge >= 0.3 is 23.9 Å². The molecule has 0 aromatic carbocycles. The normalized spacial score (nSPS) is 13.8. The highest BCUT2D eigenvalue weighted by Crippen LogP contribution is 2.28. The van der Waals surface area contributed by atoms with Crippen molar-refractivity contribution in [1.29, 1.82) is 0 Å². The van der Waals surface area contributed by atoms with Gasteiger partial charge in [-0.25, -0.2) is 0 Å². The topological polar surface area (TPSA) is 294 Å². The number of Topliss-reactive ketones (excluding diaryl/α,β-unsaturated/α-hetero) is 2. The van der Waals surface area contributed by atoms with Crippen molar-refractivity contribution in [2.75, 3.05) is 24.6 Å². The number of carbonyl (C=O) groups excluding carboxylic acids is 4. The van der Waals surface area contributed by atoms with E-state index in [-0.39, 0.29) is 37.2 Å². The summed E-state index contributed by atoms with van der Waals surface area (Å²) in [7, 11) is 1.76. The SMILES string of the molecule is N[C@@H](CCC(=O)[C@H](CSSC[C@@H](C(=O)CC[C@H](N)C(=O)O)C(=O)NCC(=O)O)C(=O)NCC(=O)O)C(=O)O. The summed E-state index contributed by atoms with van der Waals surface area (Å²) in [5, 5.41) is 39.3. The Balaban J connectivity index is 5.28. The van der Waals surface area contributed by atoms with Gasteiger partial charge in [-0.3, -0.25) is 38.4 Å². The van der Waals surface area contributed by atoms with Crippen molar-refractivity contribution in [2.45, 2.75) is 37.8 Å². The van der Waals surface area contributed by atoms with Gasteiger partial charge in [-0.1, -0.05) is 21.6 Å². The van der Waals surface area contributed by atoms with Crippen LogP contribution in [0.15, 0.2) is 0 Å². The fraction of sp³-hybridized carbons (Fsp3) is 0.600. The van der Waals surface area contributed by atoms with Gasteiger partial charge in [-0.05, 0) is 12.8 Å². The van der Waals surface area contributed by atoms with Crippen LogP contribution in [0.4, 0.5) is 0 Å². The van der Waals surface area contributed by atoms with Gasteiger partial charge in [0.1, 0.15) is 48.6 Å². The Labute approximate surface area is 224 Å². The Hall–Kier alpha value is -3.22. The molecular formula is C20H30N4O12S2. The van der Waals surface area contributed by atoms with Crippen molar-refractivity contribution in [1.82, 2.24) is 10.6 Å². The summed E-state index contributed by atoms with van der Waals surface area (Å²) in [5.74, 6) is -11.9. The first-order valence-corrected chi connectivity index (χ1v) is 13.4. The van der Waals surface area contributed by atoms with Crippen LogP contribution in [0.25, 0.3) is 0 Å². The molecule has 0 aromatic heterocycles.